The molecule has 0 radical (unpaired) electrons. The third-order valence-electron chi connectivity index (χ3n) is 4.40. The number of aromatic amines is 1. The van der Waals surface area contributed by atoms with Crippen molar-refractivity contribution in [3.8, 4) is 0 Å². The predicted molar refractivity (Wildman–Crippen MR) is 119 cm³/mol. The minimum Gasteiger partial charge on any atom is -0.369 e. The largest absolute Gasteiger partial charge is 0.369 e. The van der Waals surface area contributed by atoms with Crippen LogP contribution in [0, 0.1) is 0 Å². The molecule has 5 N–H and O–H groups in total. The number of H-pyrrole nitrogens is 1. The topological polar surface area (TPSA) is 139 Å². The van der Waals surface area contributed by atoms with Gasteiger partial charge in [-0.25, -0.2) is 18.5 Å². The molecule has 0 bridgehead atoms. The van der Waals surface area contributed by atoms with Gasteiger partial charge in [0.15, 0.2) is 0 Å². The number of benzene rings is 2. The Balaban J connectivity index is 1.40. The minimum absolute atomic E-state index is 0.0991. The van der Waals surface area contributed by atoms with Gasteiger partial charge in [0.1, 0.15) is 5.82 Å². The summed E-state index contributed by atoms with van der Waals surface area (Å²) in [6.07, 6.45) is 4.11. The lowest BCUT2D eigenvalue weighted by atomic mass is 10.1. The van der Waals surface area contributed by atoms with Gasteiger partial charge >= 0.3 is 0 Å². The first-order valence-electron chi connectivity index (χ1n) is 8.97. The number of sulfonamides is 1. The summed E-state index contributed by atoms with van der Waals surface area (Å²) in [5.74, 6) is 1.11. The summed E-state index contributed by atoms with van der Waals surface area (Å²) in [6, 6.07) is 12.3. The fraction of sp³-hybridized carbons (Fsp3) is 0.105. The summed E-state index contributed by atoms with van der Waals surface area (Å²) in [7, 11) is -3.68. The van der Waals surface area contributed by atoms with Crippen molar-refractivity contribution in [2.24, 2.45) is 5.14 Å². The van der Waals surface area contributed by atoms with Crippen LogP contribution in [0.5, 0.6) is 0 Å². The lowest BCUT2D eigenvalue weighted by molar-refractivity contribution is 0.598. The maximum Gasteiger partial charge on any atom is 0.238 e. The van der Waals surface area contributed by atoms with Crippen LogP contribution in [-0.2, 0) is 16.4 Å². The van der Waals surface area contributed by atoms with Crippen LogP contribution in [0.4, 0.5) is 17.5 Å². The van der Waals surface area contributed by atoms with Crippen LogP contribution in [0.1, 0.15) is 5.56 Å². The van der Waals surface area contributed by atoms with Crippen LogP contribution < -0.4 is 15.8 Å². The van der Waals surface area contributed by atoms with E-state index in [0.717, 1.165) is 26.6 Å². The van der Waals surface area contributed by atoms with Crippen LogP contribution in [0.15, 0.2) is 64.2 Å². The molecule has 0 aliphatic heterocycles. The molecule has 0 amide bonds. The highest BCUT2D eigenvalue weighted by Crippen LogP contribution is 2.23. The molecule has 11 heteroatoms. The van der Waals surface area contributed by atoms with E-state index < -0.39 is 10.0 Å². The molecule has 0 aliphatic carbocycles. The number of nitrogens with one attached hydrogen (secondary N) is 3. The molecule has 0 saturated carbocycles. The van der Waals surface area contributed by atoms with Crippen LogP contribution >= 0.6 is 15.9 Å². The van der Waals surface area contributed by atoms with Gasteiger partial charge in [0.2, 0.25) is 16.0 Å². The normalized spacial score (nSPS) is 11.5. The van der Waals surface area contributed by atoms with Gasteiger partial charge in [0.05, 0.1) is 21.1 Å². The smallest absolute Gasteiger partial charge is 0.238 e. The molecule has 4 aromatic rings. The van der Waals surface area contributed by atoms with Gasteiger partial charge in [0, 0.05) is 23.8 Å². The summed E-state index contributed by atoms with van der Waals surface area (Å²) in [5.41, 5.74) is 2.79. The maximum atomic E-state index is 11.3. The van der Waals surface area contributed by atoms with Gasteiger partial charge in [-0.3, -0.25) is 5.10 Å². The quantitative estimate of drug-likeness (QED) is 0.313. The van der Waals surface area contributed by atoms with Crippen molar-refractivity contribution >= 4 is 54.3 Å². The molecular weight excluding hydrogens is 470 g/mol. The second kappa shape index (κ2) is 8.38. The average Bonchev–Trinajstić information content (AvgIpc) is 3.18. The molecule has 0 atom stereocenters. The highest BCUT2D eigenvalue weighted by molar-refractivity contribution is 9.10. The Kier molecular flexibility index (Phi) is 5.66. The van der Waals surface area contributed by atoms with Gasteiger partial charge in [-0.15, -0.1) is 0 Å². The number of hydrogen-bond donors (Lipinski definition) is 4. The van der Waals surface area contributed by atoms with Gasteiger partial charge in [-0.2, -0.15) is 10.1 Å². The second-order valence-corrected chi connectivity index (χ2v) is 8.97. The number of nitrogens with two attached hydrogens (primary N) is 1. The van der Waals surface area contributed by atoms with Gasteiger partial charge in [-0.05, 0) is 58.2 Å². The van der Waals surface area contributed by atoms with Crippen LogP contribution in [-0.4, -0.2) is 35.1 Å². The Bertz CT molecular complexity index is 1290. The zero-order valence-corrected chi connectivity index (χ0v) is 18.0. The Morgan fingerprint density at radius 3 is 2.67 bits per heavy atom. The van der Waals surface area contributed by atoms with Gasteiger partial charge in [0.25, 0.3) is 0 Å². The van der Waals surface area contributed by atoms with E-state index in [9.17, 15) is 8.42 Å². The molecule has 0 unspecified atom stereocenters. The van der Waals surface area contributed by atoms with Gasteiger partial charge < -0.3 is 10.6 Å². The molecule has 2 aromatic heterocycles. The highest BCUT2D eigenvalue weighted by atomic mass is 79.9. The summed E-state index contributed by atoms with van der Waals surface area (Å²) >= 11 is 3.45. The Labute approximate surface area is 181 Å². The third-order valence-corrected chi connectivity index (χ3v) is 5.91. The highest BCUT2D eigenvalue weighted by Gasteiger charge is 2.08. The van der Waals surface area contributed by atoms with Gasteiger partial charge in [-0.1, -0.05) is 12.1 Å². The maximum absolute atomic E-state index is 11.3. The Morgan fingerprint density at radius 1 is 1.10 bits per heavy atom. The summed E-state index contributed by atoms with van der Waals surface area (Å²) in [6.45, 7) is 0.602. The predicted octanol–water partition coefficient (Wildman–Crippen LogP) is 3.16. The Morgan fingerprint density at radius 2 is 1.90 bits per heavy atom. The first-order valence-corrected chi connectivity index (χ1v) is 11.3. The zero-order valence-electron chi connectivity index (χ0n) is 15.6. The SMILES string of the molecule is NS(=O)(=O)c1ccc(CCNc2nc(Nc3ccc4[nH]ncc4c3)ncc2Br)cc1. The Hall–Kier alpha value is -3.02. The molecule has 2 heterocycles. The monoisotopic (exact) mass is 487 g/mol. The molecule has 2 aromatic carbocycles. The number of aromatic nitrogens is 4. The van der Waals surface area contributed by atoms with Crippen molar-refractivity contribution in [1.82, 2.24) is 20.2 Å². The van der Waals surface area contributed by atoms with Crippen LogP contribution in [0.25, 0.3) is 10.9 Å². The van der Waals surface area contributed by atoms with E-state index in [1.165, 1.54) is 12.1 Å². The van der Waals surface area contributed by atoms with Crippen molar-refractivity contribution in [1.29, 1.82) is 0 Å². The van der Waals surface area contributed by atoms with E-state index in [0.29, 0.717) is 24.7 Å². The molecule has 4 rings (SSSR count). The van der Waals surface area contributed by atoms with Crippen LogP contribution in [0.2, 0.25) is 0 Å². The number of nitrogens with zero attached hydrogens (tertiary/aromatic N) is 3. The number of rotatable bonds is 7. The second-order valence-electron chi connectivity index (χ2n) is 6.55. The zero-order chi connectivity index (χ0) is 21.1. The molecule has 0 spiro atoms. The number of fused-ring (bicyclic) bond motifs is 1. The summed E-state index contributed by atoms with van der Waals surface area (Å²) < 4.78 is 23.4. The fourth-order valence-corrected chi connectivity index (χ4v) is 3.72. The molecule has 0 saturated heterocycles. The average molecular weight is 488 g/mol. The number of hydrogen-bond acceptors (Lipinski definition) is 7. The van der Waals surface area contributed by atoms with Crippen molar-refractivity contribution in [2.45, 2.75) is 11.3 Å². The van der Waals surface area contributed by atoms with Crippen LogP contribution in [0.3, 0.4) is 0 Å². The first-order chi connectivity index (χ1) is 14.4. The van der Waals surface area contributed by atoms with Crippen molar-refractivity contribution < 1.29 is 8.42 Å². The lowest BCUT2D eigenvalue weighted by Crippen LogP contribution is -2.12. The number of anilines is 3. The fourth-order valence-electron chi connectivity index (χ4n) is 2.87. The van der Waals surface area contributed by atoms with Crippen molar-refractivity contribution in [2.75, 3.05) is 17.2 Å². The molecule has 9 nitrogen and oxygen atoms in total. The number of halogens is 1. The molecule has 154 valence electrons. The molecule has 0 fully saturated rings. The summed E-state index contributed by atoms with van der Waals surface area (Å²) in [5, 5.41) is 19.5. The number of primary sulfonamides is 1. The minimum atomic E-state index is -3.68. The molecule has 0 aliphatic rings. The van der Waals surface area contributed by atoms with E-state index in [1.807, 2.05) is 18.2 Å². The van der Waals surface area contributed by atoms with Crippen molar-refractivity contribution in [3.05, 3.63) is 64.9 Å². The lowest BCUT2D eigenvalue weighted by Gasteiger charge is -2.10. The van der Waals surface area contributed by atoms with E-state index in [2.05, 4.69) is 46.7 Å². The van der Waals surface area contributed by atoms with E-state index in [4.69, 9.17) is 5.14 Å². The van der Waals surface area contributed by atoms with E-state index >= 15 is 0 Å². The third kappa shape index (κ3) is 4.75. The standard InChI is InChI=1S/C19H18BrN7O2S/c20-16-11-23-19(25-14-3-6-17-13(9-14)10-24-27-17)26-18(16)22-8-7-12-1-4-15(5-2-12)30(21,28)29/h1-6,9-11H,7-8H2,(H,24,27)(H2,21,28,29)(H2,22,23,25,26). The first kappa shape index (κ1) is 20.3. The molecular formula is C19H18BrN7O2S. The summed E-state index contributed by atoms with van der Waals surface area (Å²) in [4.78, 5) is 8.91. The molecule has 30 heavy (non-hydrogen) atoms. The van der Waals surface area contributed by atoms with E-state index in [1.54, 1.807) is 24.5 Å². The van der Waals surface area contributed by atoms with Crippen molar-refractivity contribution in [3.63, 3.8) is 0 Å². The van der Waals surface area contributed by atoms with E-state index in [-0.39, 0.29) is 4.90 Å².